The van der Waals surface area contributed by atoms with Crippen molar-refractivity contribution in [2.24, 2.45) is 7.05 Å². The van der Waals surface area contributed by atoms with Crippen molar-refractivity contribution in [3.63, 3.8) is 0 Å². The maximum absolute atomic E-state index is 4.27. The monoisotopic (exact) mass is 305 g/mol. The molecular formula is C15H19N3S2. The van der Waals surface area contributed by atoms with Crippen molar-refractivity contribution in [3.8, 4) is 0 Å². The normalized spacial score (nSPS) is 13.1. The lowest BCUT2D eigenvalue weighted by Gasteiger charge is -2.16. The molecule has 0 saturated heterocycles. The number of nitrogens with zero attached hydrogens (tertiary/aromatic N) is 2. The van der Waals surface area contributed by atoms with Crippen molar-refractivity contribution in [2.45, 2.75) is 25.8 Å². The molecule has 20 heavy (non-hydrogen) atoms. The molecule has 1 unspecified atom stereocenters. The number of hydrogen-bond acceptors (Lipinski definition) is 4. The van der Waals surface area contributed by atoms with Crippen LogP contribution in [-0.4, -0.2) is 16.3 Å². The largest absolute Gasteiger partial charge is 0.309 e. The average molecular weight is 305 g/mol. The molecule has 0 saturated carbocycles. The van der Waals surface area contributed by atoms with Crippen LogP contribution in [0, 0.1) is 0 Å². The van der Waals surface area contributed by atoms with E-state index in [9.17, 15) is 0 Å². The van der Waals surface area contributed by atoms with E-state index in [0.29, 0.717) is 6.04 Å². The topological polar surface area (TPSA) is 29.9 Å². The minimum Gasteiger partial charge on any atom is -0.309 e. The Morgan fingerprint density at radius 2 is 2.30 bits per heavy atom. The molecule has 0 aromatic carbocycles. The van der Waals surface area contributed by atoms with Crippen molar-refractivity contribution in [2.75, 3.05) is 6.54 Å². The van der Waals surface area contributed by atoms with Crippen LogP contribution in [0.4, 0.5) is 0 Å². The lowest BCUT2D eigenvalue weighted by atomic mass is 10.1. The number of rotatable bonds is 6. The quantitative estimate of drug-likeness (QED) is 0.746. The highest BCUT2D eigenvalue weighted by atomic mass is 32.1. The van der Waals surface area contributed by atoms with Crippen LogP contribution in [0.15, 0.2) is 29.9 Å². The van der Waals surface area contributed by atoms with Gasteiger partial charge in [0.15, 0.2) is 0 Å². The Kier molecular flexibility index (Phi) is 4.19. The minimum atomic E-state index is 0.392. The van der Waals surface area contributed by atoms with Crippen molar-refractivity contribution in [1.82, 2.24) is 15.1 Å². The first-order chi connectivity index (χ1) is 9.76. The predicted octanol–water partition coefficient (Wildman–Crippen LogP) is 3.98. The lowest BCUT2D eigenvalue weighted by Crippen LogP contribution is -2.23. The number of hydrogen-bond donors (Lipinski definition) is 1. The van der Waals surface area contributed by atoms with Gasteiger partial charge in [0.25, 0.3) is 0 Å². The summed E-state index contributed by atoms with van der Waals surface area (Å²) in [6, 6.07) is 4.95. The third kappa shape index (κ3) is 2.95. The van der Waals surface area contributed by atoms with Gasteiger partial charge < -0.3 is 5.32 Å². The van der Waals surface area contributed by atoms with E-state index < -0.39 is 0 Å². The molecule has 3 aromatic heterocycles. The summed E-state index contributed by atoms with van der Waals surface area (Å²) >= 11 is 3.74. The van der Waals surface area contributed by atoms with Crippen molar-refractivity contribution in [3.05, 3.63) is 40.3 Å². The molecule has 0 aliphatic heterocycles. The van der Waals surface area contributed by atoms with Crippen LogP contribution >= 0.6 is 22.7 Å². The third-order valence-corrected chi connectivity index (χ3v) is 5.55. The first kappa shape index (κ1) is 13.8. The molecule has 0 amide bonds. The van der Waals surface area contributed by atoms with E-state index in [1.54, 1.807) is 0 Å². The second-order valence-corrected chi connectivity index (χ2v) is 7.09. The van der Waals surface area contributed by atoms with Gasteiger partial charge in [0.2, 0.25) is 0 Å². The highest BCUT2D eigenvalue weighted by molar-refractivity contribution is 7.26. The Morgan fingerprint density at radius 1 is 1.40 bits per heavy atom. The van der Waals surface area contributed by atoms with E-state index in [2.05, 4.69) is 41.0 Å². The van der Waals surface area contributed by atoms with Gasteiger partial charge in [-0.05, 0) is 42.5 Å². The molecule has 1 atom stereocenters. The molecule has 0 aliphatic rings. The van der Waals surface area contributed by atoms with Gasteiger partial charge in [0.05, 0.1) is 6.20 Å². The van der Waals surface area contributed by atoms with Gasteiger partial charge in [-0.1, -0.05) is 6.92 Å². The van der Waals surface area contributed by atoms with Gasteiger partial charge in [0, 0.05) is 33.6 Å². The zero-order valence-corrected chi connectivity index (χ0v) is 13.4. The summed E-state index contributed by atoms with van der Waals surface area (Å²) in [5.74, 6) is 0. The standard InChI is InChI=1S/C15H19N3S2/c1-3-5-16-12(7-11-9-17-18(2)10-11)14-8-15-13(20-14)4-6-19-15/h4,6,8-10,12,16H,3,5,7H2,1-2H3. The van der Waals surface area contributed by atoms with Gasteiger partial charge in [-0.15, -0.1) is 22.7 Å². The summed E-state index contributed by atoms with van der Waals surface area (Å²) in [5.41, 5.74) is 1.29. The van der Waals surface area contributed by atoms with E-state index in [1.165, 1.54) is 19.8 Å². The zero-order valence-electron chi connectivity index (χ0n) is 11.8. The minimum absolute atomic E-state index is 0.392. The van der Waals surface area contributed by atoms with Gasteiger partial charge in [-0.2, -0.15) is 5.10 Å². The van der Waals surface area contributed by atoms with Crippen LogP contribution in [0.1, 0.15) is 29.8 Å². The number of nitrogens with one attached hydrogen (secondary N) is 1. The molecule has 3 rings (SSSR count). The van der Waals surface area contributed by atoms with Crippen LogP contribution in [0.5, 0.6) is 0 Å². The molecule has 0 spiro atoms. The lowest BCUT2D eigenvalue weighted by molar-refractivity contribution is 0.536. The maximum Gasteiger partial charge on any atom is 0.0522 e. The second kappa shape index (κ2) is 6.08. The summed E-state index contributed by atoms with van der Waals surface area (Å²) in [4.78, 5) is 1.43. The summed E-state index contributed by atoms with van der Waals surface area (Å²) in [6.45, 7) is 3.26. The fraction of sp³-hybridized carbons (Fsp3) is 0.400. The molecule has 0 bridgehead atoms. The van der Waals surface area contributed by atoms with Crippen LogP contribution in [0.3, 0.4) is 0 Å². The highest BCUT2D eigenvalue weighted by Crippen LogP contribution is 2.34. The third-order valence-electron chi connectivity index (χ3n) is 3.34. The Balaban J connectivity index is 1.83. The Morgan fingerprint density at radius 3 is 3.00 bits per heavy atom. The van der Waals surface area contributed by atoms with Crippen LogP contribution in [-0.2, 0) is 13.5 Å². The molecule has 5 heteroatoms. The van der Waals surface area contributed by atoms with Crippen LogP contribution in [0.2, 0.25) is 0 Å². The van der Waals surface area contributed by atoms with Gasteiger partial charge in [0.1, 0.15) is 0 Å². The number of fused-ring (bicyclic) bond motifs is 1. The SMILES string of the molecule is CCCNC(Cc1cnn(C)c1)c1cc2sccc2s1. The number of aryl methyl sites for hydroxylation is 1. The molecule has 0 fully saturated rings. The average Bonchev–Trinajstić information content (AvgIpc) is 3.09. The van der Waals surface area contributed by atoms with Crippen LogP contribution < -0.4 is 5.32 Å². The Hall–Kier alpha value is -1.17. The smallest absolute Gasteiger partial charge is 0.0522 e. The summed E-state index contributed by atoms with van der Waals surface area (Å²) in [7, 11) is 1.97. The van der Waals surface area contributed by atoms with E-state index in [0.717, 1.165) is 19.4 Å². The van der Waals surface area contributed by atoms with Crippen molar-refractivity contribution >= 4 is 32.1 Å². The summed E-state index contributed by atoms with van der Waals surface area (Å²) in [6.07, 6.45) is 6.23. The first-order valence-electron chi connectivity index (χ1n) is 6.94. The second-order valence-electron chi connectivity index (χ2n) is 5.03. The fourth-order valence-electron chi connectivity index (χ4n) is 2.36. The predicted molar refractivity (Wildman–Crippen MR) is 87.6 cm³/mol. The summed E-state index contributed by atoms with van der Waals surface area (Å²) < 4.78 is 4.68. The van der Waals surface area contributed by atoms with Crippen LogP contribution in [0.25, 0.3) is 9.40 Å². The molecule has 3 aromatic rings. The maximum atomic E-state index is 4.27. The Bertz CT molecular complexity index is 651. The van der Waals surface area contributed by atoms with Gasteiger partial charge in [-0.25, -0.2) is 0 Å². The molecular weight excluding hydrogens is 286 g/mol. The van der Waals surface area contributed by atoms with Gasteiger partial charge >= 0.3 is 0 Å². The van der Waals surface area contributed by atoms with Crippen molar-refractivity contribution < 1.29 is 0 Å². The van der Waals surface area contributed by atoms with E-state index in [-0.39, 0.29) is 0 Å². The van der Waals surface area contributed by atoms with Crippen molar-refractivity contribution in [1.29, 1.82) is 0 Å². The fourth-order valence-corrected chi connectivity index (χ4v) is 4.56. The molecule has 106 valence electrons. The zero-order chi connectivity index (χ0) is 13.9. The Labute approximate surface area is 127 Å². The molecule has 0 radical (unpaired) electrons. The van der Waals surface area contributed by atoms with E-state index in [4.69, 9.17) is 0 Å². The number of thiophene rings is 2. The highest BCUT2D eigenvalue weighted by Gasteiger charge is 2.16. The molecule has 3 heterocycles. The van der Waals surface area contributed by atoms with E-state index >= 15 is 0 Å². The molecule has 3 nitrogen and oxygen atoms in total. The number of aromatic nitrogens is 2. The van der Waals surface area contributed by atoms with E-state index in [1.807, 2.05) is 40.6 Å². The molecule has 0 aliphatic carbocycles. The first-order valence-corrected chi connectivity index (χ1v) is 8.63. The molecule has 1 N–H and O–H groups in total. The van der Waals surface area contributed by atoms with Gasteiger partial charge in [-0.3, -0.25) is 4.68 Å². The summed E-state index contributed by atoms with van der Waals surface area (Å²) in [5, 5.41) is 10.1.